The predicted molar refractivity (Wildman–Crippen MR) is 231 cm³/mol. The molecule has 0 heterocycles. The van der Waals surface area contributed by atoms with Crippen LogP contribution >= 0.6 is 0 Å². The zero-order valence-electron chi connectivity index (χ0n) is 34.2. The average Bonchev–Trinajstić information content (AvgIpc) is 3.12. The van der Waals surface area contributed by atoms with Gasteiger partial charge in [0.1, 0.15) is 0 Å². The maximum Gasteiger partial charge on any atom is 0.0211 e. The van der Waals surface area contributed by atoms with Gasteiger partial charge in [-0.1, -0.05) is 92.8 Å². The summed E-state index contributed by atoms with van der Waals surface area (Å²) in [4.78, 5) is 0. The van der Waals surface area contributed by atoms with Gasteiger partial charge in [-0.25, -0.2) is 0 Å². The summed E-state index contributed by atoms with van der Waals surface area (Å²) in [6.07, 6.45) is 16.3. The molecule has 0 unspecified atom stereocenters. The van der Waals surface area contributed by atoms with E-state index >= 15 is 0 Å². The van der Waals surface area contributed by atoms with Crippen molar-refractivity contribution in [2.24, 2.45) is 17.2 Å². The molecule has 0 aliphatic rings. The summed E-state index contributed by atoms with van der Waals surface area (Å²) in [6.45, 7) is 18.8. The Bertz CT molecular complexity index is 1440. The summed E-state index contributed by atoms with van der Waals surface area (Å²) >= 11 is 0. The van der Waals surface area contributed by atoms with E-state index in [1.54, 1.807) is 0 Å². The minimum atomic E-state index is 0.710. The van der Waals surface area contributed by atoms with Gasteiger partial charge in [0.25, 0.3) is 0 Å². The van der Waals surface area contributed by atoms with E-state index in [1.807, 2.05) is 0 Å². The number of unbranched alkanes of at least 4 members (excludes halogenated alkanes) is 9. The molecule has 0 aromatic heterocycles. The highest BCUT2D eigenvalue weighted by Crippen LogP contribution is 2.36. The number of hydrogen-bond donors (Lipinski definition) is 7. The van der Waals surface area contributed by atoms with Crippen molar-refractivity contribution >= 4 is 0 Å². The van der Waals surface area contributed by atoms with Gasteiger partial charge in [-0.15, -0.1) is 0 Å². The smallest absolute Gasteiger partial charge is 0.0211 e. The molecule has 0 spiro atoms. The molecule has 53 heavy (non-hydrogen) atoms. The Morgan fingerprint density at radius 2 is 0.830 bits per heavy atom. The van der Waals surface area contributed by atoms with Gasteiger partial charge in [-0.2, -0.15) is 0 Å². The van der Waals surface area contributed by atoms with Crippen molar-refractivity contribution in [2.45, 2.75) is 131 Å². The van der Waals surface area contributed by atoms with Gasteiger partial charge in [0, 0.05) is 19.6 Å². The van der Waals surface area contributed by atoms with E-state index < -0.39 is 0 Å². The van der Waals surface area contributed by atoms with E-state index in [-0.39, 0.29) is 0 Å². The molecule has 3 aromatic carbocycles. The molecule has 0 amide bonds. The second-order valence-corrected chi connectivity index (χ2v) is 15.4. The summed E-state index contributed by atoms with van der Waals surface area (Å²) in [7, 11) is 0. The minimum Gasteiger partial charge on any atom is -0.330 e. The van der Waals surface area contributed by atoms with Crippen LogP contribution < -0.4 is 38.5 Å². The summed E-state index contributed by atoms with van der Waals surface area (Å²) < 4.78 is 0. The molecule has 0 radical (unpaired) electrons. The van der Waals surface area contributed by atoms with Crippen molar-refractivity contribution in [3.63, 3.8) is 0 Å². The van der Waals surface area contributed by atoms with E-state index in [9.17, 15) is 0 Å². The maximum absolute atomic E-state index is 5.79. The molecule has 3 rings (SSSR count). The largest absolute Gasteiger partial charge is 0.330 e. The number of nitrogens with one attached hydrogen (secondary N) is 4. The standard InChI is InChI=1S/C46H77N7/c1-36-26-38(3)45(43(29-36)34-52-23-16-20-49)42-30-39(4)46(44(32-42)35-53-25-17-24-50-22-15-19-48)41-28-37(2)27-40(31-41)33-51-21-14-12-10-8-6-5-7-9-11-13-18-47/h26-32,50-53H,5-25,33-35,47-49H2,1-4H3. The maximum atomic E-state index is 5.79. The molecule has 10 N–H and O–H groups in total. The first kappa shape index (κ1) is 44.8. The van der Waals surface area contributed by atoms with Crippen LogP contribution in [0.3, 0.4) is 0 Å². The van der Waals surface area contributed by atoms with Crippen LogP contribution in [0.25, 0.3) is 22.3 Å². The highest BCUT2D eigenvalue weighted by molar-refractivity contribution is 5.80. The Kier molecular flexibility index (Phi) is 22.8. The topological polar surface area (TPSA) is 126 Å². The summed E-state index contributed by atoms with van der Waals surface area (Å²) in [5.41, 5.74) is 31.7. The Hall–Kier alpha value is -2.62. The Morgan fingerprint density at radius 1 is 0.377 bits per heavy atom. The third kappa shape index (κ3) is 17.2. The van der Waals surface area contributed by atoms with Crippen LogP contribution in [-0.4, -0.2) is 52.4 Å². The van der Waals surface area contributed by atoms with E-state index in [0.717, 1.165) is 84.7 Å². The van der Waals surface area contributed by atoms with E-state index in [0.29, 0.717) is 6.54 Å². The number of nitrogens with two attached hydrogens (primary N) is 3. The summed E-state index contributed by atoms with van der Waals surface area (Å²) in [5, 5.41) is 14.7. The zero-order valence-corrected chi connectivity index (χ0v) is 34.2. The van der Waals surface area contributed by atoms with Crippen LogP contribution in [0.1, 0.15) is 122 Å². The summed E-state index contributed by atoms with van der Waals surface area (Å²) in [6, 6.07) is 16.7. The molecule has 0 bridgehead atoms. The molecule has 0 atom stereocenters. The second kappa shape index (κ2) is 27.0. The average molecular weight is 728 g/mol. The fraction of sp³-hybridized carbons (Fsp3) is 0.609. The van der Waals surface area contributed by atoms with Gasteiger partial charge in [0.15, 0.2) is 0 Å². The molecule has 0 saturated heterocycles. The lowest BCUT2D eigenvalue weighted by Crippen LogP contribution is -2.24. The molecule has 0 aliphatic heterocycles. The SMILES string of the molecule is Cc1cc(CNCCCCCCCCCCCCN)cc(-c2c(C)cc(-c3c(C)cc(C)cc3CNCCCN)cc2CNCCCNCCCN)c1. The molecule has 0 saturated carbocycles. The predicted octanol–water partition coefficient (Wildman–Crippen LogP) is 8.06. The van der Waals surface area contributed by atoms with Crippen LogP contribution in [0.15, 0.2) is 42.5 Å². The highest BCUT2D eigenvalue weighted by Gasteiger charge is 2.16. The fourth-order valence-electron chi connectivity index (χ4n) is 7.68. The number of hydrogen-bond acceptors (Lipinski definition) is 7. The quantitative estimate of drug-likeness (QED) is 0.0347. The Balaban J connectivity index is 1.73. The van der Waals surface area contributed by atoms with Crippen molar-refractivity contribution in [2.75, 3.05) is 52.4 Å². The summed E-state index contributed by atoms with van der Waals surface area (Å²) in [5.74, 6) is 0. The van der Waals surface area contributed by atoms with Crippen LogP contribution in [0.4, 0.5) is 0 Å². The number of aryl methyl sites for hydroxylation is 4. The van der Waals surface area contributed by atoms with Crippen molar-refractivity contribution in [3.05, 3.63) is 81.4 Å². The fourth-order valence-corrected chi connectivity index (χ4v) is 7.68. The van der Waals surface area contributed by atoms with Gasteiger partial charge in [0.2, 0.25) is 0 Å². The van der Waals surface area contributed by atoms with E-state index in [2.05, 4.69) is 91.4 Å². The van der Waals surface area contributed by atoms with Gasteiger partial charge in [0.05, 0.1) is 0 Å². The molecule has 0 aliphatic carbocycles. The molecule has 7 heteroatoms. The second-order valence-electron chi connectivity index (χ2n) is 15.4. The molecular formula is C46H77N7. The molecule has 0 fully saturated rings. The van der Waals surface area contributed by atoms with Crippen LogP contribution in [0.2, 0.25) is 0 Å². The Morgan fingerprint density at radius 3 is 1.47 bits per heavy atom. The van der Waals surface area contributed by atoms with Crippen molar-refractivity contribution in [1.29, 1.82) is 0 Å². The van der Waals surface area contributed by atoms with Gasteiger partial charge >= 0.3 is 0 Å². The third-order valence-electron chi connectivity index (χ3n) is 10.3. The van der Waals surface area contributed by atoms with Gasteiger partial charge in [-0.3, -0.25) is 0 Å². The molecular weight excluding hydrogens is 651 g/mol. The molecule has 3 aromatic rings. The first-order valence-corrected chi connectivity index (χ1v) is 21.2. The molecule has 7 nitrogen and oxygen atoms in total. The first-order chi connectivity index (χ1) is 25.9. The van der Waals surface area contributed by atoms with E-state index in [1.165, 1.54) is 125 Å². The van der Waals surface area contributed by atoms with E-state index in [4.69, 9.17) is 17.2 Å². The van der Waals surface area contributed by atoms with Gasteiger partial charge < -0.3 is 38.5 Å². The van der Waals surface area contributed by atoms with Crippen LogP contribution in [0.5, 0.6) is 0 Å². The Labute approximate surface area is 324 Å². The highest BCUT2D eigenvalue weighted by atomic mass is 14.9. The zero-order chi connectivity index (χ0) is 38.1. The number of rotatable bonds is 30. The third-order valence-corrected chi connectivity index (χ3v) is 10.3. The van der Waals surface area contributed by atoms with Gasteiger partial charge in [-0.05, 0) is 174 Å². The minimum absolute atomic E-state index is 0.710. The lowest BCUT2D eigenvalue weighted by molar-refractivity contribution is 0.541. The lowest BCUT2D eigenvalue weighted by Gasteiger charge is -2.21. The van der Waals surface area contributed by atoms with Crippen LogP contribution in [0, 0.1) is 27.7 Å². The van der Waals surface area contributed by atoms with Crippen molar-refractivity contribution < 1.29 is 0 Å². The van der Waals surface area contributed by atoms with Crippen LogP contribution in [-0.2, 0) is 19.6 Å². The lowest BCUT2D eigenvalue weighted by atomic mass is 9.86. The monoisotopic (exact) mass is 728 g/mol. The normalized spacial score (nSPS) is 11.5. The van der Waals surface area contributed by atoms with Crippen molar-refractivity contribution in [1.82, 2.24) is 21.3 Å². The molecule has 296 valence electrons. The first-order valence-electron chi connectivity index (χ1n) is 21.2. The van der Waals surface area contributed by atoms with Crippen molar-refractivity contribution in [3.8, 4) is 22.3 Å². The number of benzene rings is 3.